The van der Waals surface area contributed by atoms with E-state index in [0.29, 0.717) is 28.0 Å². The van der Waals surface area contributed by atoms with Gasteiger partial charge in [-0.15, -0.1) is 0 Å². The van der Waals surface area contributed by atoms with Gasteiger partial charge in [0.2, 0.25) is 5.91 Å². The predicted octanol–water partition coefficient (Wildman–Crippen LogP) is 4.31. The van der Waals surface area contributed by atoms with Crippen molar-refractivity contribution < 1.29 is 19.0 Å². The van der Waals surface area contributed by atoms with Crippen LogP contribution in [0.15, 0.2) is 34.8 Å². The first-order chi connectivity index (χ1) is 11.5. The van der Waals surface area contributed by atoms with Crippen LogP contribution in [-0.4, -0.2) is 27.2 Å². The van der Waals surface area contributed by atoms with Gasteiger partial charge in [-0.1, -0.05) is 27.5 Å². The monoisotopic (exact) mass is 413 g/mol. The van der Waals surface area contributed by atoms with E-state index in [1.807, 2.05) is 0 Å². The minimum atomic E-state index is -0.177. The number of anilines is 1. The third-order valence-electron chi connectivity index (χ3n) is 3.34. The fourth-order valence-electron chi connectivity index (χ4n) is 2.15. The van der Waals surface area contributed by atoms with Gasteiger partial charge in [0.1, 0.15) is 5.75 Å². The van der Waals surface area contributed by atoms with E-state index in [4.69, 9.17) is 25.8 Å². The molecule has 5 nitrogen and oxygen atoms in total. The first-order valence-corrected chi connectivity index (χ1v) is 8.19. The van der Waals surface area contributed by atoms with Crippen molar-refractivity contribution in [3.8, 4) is 17.2 Å². The van der Waals surface area contributed by atoms with Crippen molar-refractivity contribution in [2.75, 3.05) is 26.6 Å². The molecule has 0 bridgehead atoms. The summed E-state index contributed by atoms with van der Waals surface area (Å²) < 4.78 is 16.3. The molecule has 0 aliphatic rings. The summed E-state index contributed by atoms with van der Waals surface area (Å²) in [6.45, 7) is 0. The van der Waals surface area contributed by atoms with Gasteiger partial charge in [0.25, 0.3) is 0 Å². The average Bonchev–Trinajstić information content (AvgIpc) is 2.56. The molecule has 2 rings (SSSR count). The molecule has 1 amide bonds. The van der Waals surface area contributed by atoms with Crippen LogP contribution >= 0.6 is 27.5 Å². The van der Waals surface area contributed by atoms with E-state index in [1.54, 1.807) is 44.6 Å². The molecular formula is C17H17BrClNO4. The van der Waals surface area contributed by atoms with Gasteiger partial charge in [-0.2, -0.15) is 0 Å². The molecule has 0 aliphatic carbocycles. The number of hydrogen-bond acceptors (Lipinski definition) is 4. The van der Waals surface area contributed by atoms with Crippen molar-refractivity contribution in [2.45, 2.75) is 6.42 Å². The van der Waals surface area contributed by atoms with Crippen molar-refractivity contribution in [1.82, 2.24) is 0 Å². The summed E-state index contributed by atoms with van der Waals surface area (Å²) in [7, 11) is 4.65. The second-order valence-electron chi connectivity index (χ2n) is 4.87. The molecule has 128 valence electrons. The van der Waals surface area contributed by atoms with Crippen LogP contribution in [0.4, 0.5) is 5.69 Å². The largest absolute Gasteiger partial charge is 0.495 e. The van der Waals surface area contributed by atoms with Crippen molar-refractivity contribution in [3.05, 3.63) is 45.4 Å². The molecule has 0 spiro atoms. The maximum atomic E-state index is 12.3. The van der Waals surface area contributed by atoms with Crippen LogP contribution < -0.4 is 19.5 Å². The number of methoxy groups -OCH3 is 3. The molecule has 24 heavy (non-hydrogen) atoms. The van der Waals surface area contributed by atoms with Crippen molar-refractivity contribution in [2.24, 2.45) is 0 Å². The zero-order valence-electron chi connectivity index (χ0n) is 13.5. The Morgan fingerprint density at radius 1 is 1.04 bits per heavy atom. The van der Waals surface area contributed by atoms with Gasteiger partial charge in [-0.05, 0) is 35.9 Å². The van der Waals surface area contributed by atoms with Crippen LogP contribution in [0.1, 0.15) is 5.56 Å². The Balaban J connectivity index is 2.13. The minimum absolute atomic E-state index is 0.171. The van der Waals surface area contributed by atoms with Gasteiger partial charge in [0.05, 0.1) is 32.8 Å². The maximum Gasteiger partial charge on any atom is 0.228 e. The number of nitrogens with one attached hydrogen (secondary N) is 1. The molecule has 2 aromatic rings. The van der Waals surface area contributed by atoms with Crippen LogP contribution in [0.2, 0.25) is 5.02 Å². The number of carbonyl (C=O) groups excluding carboxylic acids is 1. The summed E-state index contributed by atoms with van der Waals surface area (Å²) in [4.78, 5) is 12.3. The Hall–Kier alpha value is -1.92. The van der Waals surface area contributed by atoms with Crippen LogP contribution in [0.3, 0.4) is 0 Å². The highest BCUT2D eigenvalue weighted by Gasteiger charge is 2.13. The topological polar surface area (TPSA) is 56.8 Å². The van der Waals surface area contributed by atoms with Gasteiger partial charge in [-0.25, -0.2) is 0 Å². The third-order valence-corrected chi connectivity index (χ3v) is 4.37. The molecule has 0 fully saturated rings. The van der Waals surface area contributed by atoms with E-state index >= 15 is 0 Å². The first-order valence-electron chi connectivity index (χ1n) is 7.02. The number of hydrogen-bond donors (Lipinski definition) is 1. The number of benzene rings is 2. The van der Waals surface area contributed by atoms with Crippen LogP contribution in [0, 0.1) is 0 Å². The van der Waals surface area contributed by atoms with Crippen LogP contribution in [0.25, 0.3) is 0 Å². The quantitative estimate of drug-likeness (QED) is 0.765. The van der Waals surface area contributed by atoms with E-state index in [1.165, 1.54) is 7.11 Å². The standard InChI is InChI=1S/C17H17BrClNO4/c1-22-14-5-4-11(8-13(14)19)20-17(21)7-10-6-15(23-2)16(24-3)9-12(10)18/h4-6,8-9H,7H2,1-3H3,(H,20,21). The minimum Gasteiger partial charge on any atom is -0.495 e. The van der Waals surface area contributed by atoms with Gasteiger partial charge >= 0.3 is 0 Å². The molecule has 0 aliphatic heterocycles. The third kappa shape index (κ3) is 4.33. The molecule has 0 saturated heterocycles. The zero-order valence-corrected chi connectivity index (χ0v) is 15.8. The SMILES string of the molecule is COc1ccc(NC(=O)Cc2cc(OC)c(OC)cc2Br)cc1Cl. The van der Waals surface area contributed by atoms with Gasteiger partial charge in [-0.3, -0.25) is 4.79 Å². The Morgan fingerprint density at radius 2 is 1.67 bits per heavy atom. The lowest BCUT2D eigenvalue weighted by Crippen LogP contribution is -2.14. The second-order valence-corrected chi connectivity index (χ2v) is 6.13. The molecule has 2 aromatic carbocycles. The van der Waals surface area contributed by atoms with Crippen molar-refractivity contribution in [3.63, 3.8) is 0 Å². The molecule has 1 N–H and O–H groups in total. The number of ether oxygens (including phenoxy) is 3. The number of halogens is 2. The fraction of sp³-hybridized carbons (Fsp3) is 0.235. The highest BCUT2D eigenvalue weighted by Crippen LogP contribution is 2.33. The zero-order chi connectivity index (χ0) is 17.7. The lowest BCUT2D eigenvalue weighted by molar-refractivity contribution is -0.115. The molecular weight excluding hydrogens is 398 g/mol. The maximum absolute atomic E-state index is 12.3. The van der Waals surface area contributed by atoms with Crippen molar-refractivity contribution >= 4 is 39.1 Å². The number of amides is 1. The molecule has 0 radical (unpaired) electrons. The van der Waals surface area contributed by atoms with Gasteiger partial charge in [0.15, 0.2) is 11.5 Å². The first kappa shape index (κ1) is 18.4. The molecule has 7 heteroatoms. The van der Waals surface area contributed by atoms with E-state index < -0.39 is 0 Å². The van der Waals surface area contributed by atoms with Crippen molar-refractivity contribution in [1.29, 1.82) is 0 Å². The summed E-state index contributed by atoms with van der Waals surface area (Å²) in [5.74, 6) is 1.54. The number of rotatable bonds is 6. The van der Waals surface area contributed by atoms with E-state index in [0.717, 1.165) is 10.0 Å². The lowest BCUT2D eigenvalue weighted by atomic mass is 10.1. The summed E-state index contributed by atoms with van der Waals surface area (Å²) in [6, 6.07) is 8.60. The smallest absolute Gasteiger partial charge is 0.228 e. The highest BCUT2D eigenvalue weighted by atomic mass is 79.9. The second kappa shape index (κ2) is 8.26. The van der Waals surface area contributed by atoms with Crippen LogP contribution in [-0.2, 0) is 11.2 Å². The summed E-state index contributed by atoms with van der Waals surface area (Å²) in [5, 5.41) is 3.24. The van der Waals surface area contributed by atoms with Gasteiger partial charge in [0, 0.05) is 10.2 Å². The van der Waals surface area contributed by atoms with E-state index in [2.05, 4.69) is 21.2 Å². The molecule has 0 saturated carbocycles. The van der Waals surface area contributed by atoms with Crippen LogP contribution in [0.5, 0.6) is 17.2 Å². The highest BCUT2D eigenvalue weighted by molar-refractivity contribution is 9.10. The Morgan fingerprint density at radius 3 is 2.25 bits per heavy atom. The Bertz CT molecular complexity index is 752. The summed E-state index contributed by atoms with van der Waals surface area (Å²) in [5.41, 5.74) is 1.38. The van der Waals surface area contributed by atoms with E-state index in [-0.39, 0.29) is 12.3 Å². The molecule has 0 atom stereocenters. The summed E-state index contributed by atoms with van der Waals surface area (Å²) >= 11 is 9.50. The fourth-order valence-corrected chi connectivity index (χ4v) is 2.87. The Kier molecular flexibility index (Phi) is 6.34. The molecule has 0 unspecified atom stereocenters. The average molecular weight is 415 g/mol. The molecule has 0 heterocycles. The predicted molar refractivity (Wildman–Crippen MR) is 97.6 cm³/mol. The van der Waals surface area contributed by atoms with E-state index in [9.17, 15) is 4.79 Å². The lowest BCUT2D eigenvalue weighted by Gasteiger charge is -2.12. The van der Waals surface area contributed by atoms with Gasteiger partial charge < -0.3 is 19.5 Å². The summed E-state index contributed by atoms with van der Waals surface area (Å²) in [6.07, 6.45) is 0.171. The Labute approximate surface area is 154 Å². The molecule has 0 aromatic heterocycles. The number of carbonyl (C=O) groups is 1. The normalized spacial score (nSPS) is 10.2.